The summed E-state index contributed by atoms with van der Waals surface area (Å²) in [4.78, 5) is 2.47. The van der Waals surface area contributed by atoms with E-state index in [1.807, 2.05) is 18.2 Å². The minimum atomic E-state index is 0.480. The van der Waals surface area contributed by atoms with Crippen molar-refractivity contribution < 1.29 is 0 Å². The zero-order valence-electron chi connectivity index (χ0n) is 10.7. The lowest BCUT2D eigenvalue weighted by Crippen LogP contribution is -2.47. The fraction of sp³-hybridized carbons (Fsp3) is 0.571. The Morgan fingerprint density at radius 3 is 2.78 bits per heavy atom. The molecule has 1 aromatic carbocycles. The molecular weight excluding hydrogens is 267 g/mol. The lowest BCUT2D eigenvalue weighted by atomic mass is 9.90. The maximum atomic E-state index is 6.06. The Kier molecular flexibility index (Phi) is 4.91. The smallest absolute Gasteiger partial charge is 0.0595 e. The number of likely N-dealkylation sites (tertiary alicyclic amines) is 1. The first kappa shape index (κ1) is 14.1. The van der Waals surface area contributed by atoms with Crippen LogP contribution in [0.15, 0.2) is 18.2 Å². The van der Waals surface area contributed by atoms with Gasteiger partial charge in [-0.15, -0.1) is 0 Å². The molecular formula is C14H20Cl2N2. The van der Waals surface area contributed by atoms with Gasteiger partial charge >= 0.3 is 0 Å². The molecule has 1 saturated heterocycles. The number of piperidine rings is 1. The van der Waals surface area contributed by atoms with E-state index < -0.39 is 0 Å². The summed E-state index contributed by atoms with van der Waals surface area (Å²) in [5, 5.41) is 1.24. The molecule has 2 unspecified atom stereocenters. The quantitative estimate of drug-likeness (QED) is 0.921. The average molecular weight is 287 g/mol. The highest BCUT2D eigenvalue weighted by atomic mass is 35.5. The highest BCUT2D eigenvalue weighted by Gasteiger charge is 2.27. The first-order valence-electron chi connectivity index (χ1n) is 6.50. The van der Waals surface area contributed by atoms with Crippen LogP contribution < -0.4 is 5.73 Å². The lowest BCUT2D eigenvalue weighted by Gasteiger charge is -2.39. The fourth-order valence-electron chi connectivity index (χ4n) is 2.78. The first-order chi connectivity index (χ1) is 8.61. The van der Waals surface area contributed by atoms with E-state index >= 15 is 0 Å². The van der Waals surface area contributed by atoms with Gasteiger partial charge in [0.15, 0.2) is 0 Å². The monoisotopic (exact) mass is 286 g/mol. The van der Waals surface area contributed by atoms with E-state index in [2.05, 4.69) is 11.8 Å². The third-order valence-electron chi connectivity index (χ3n) is 3.84. The van der Waals surface area contributed by atoms with Gasteiger partial charge in [0.25, 0.3) is 0 Å². The summed E-state index contributed by atoms with van der Waals surface area (Å²) in [5.41, 5.74) is 7.11. The molecule has 0 saturated carbocycles. The van der Waals surface area contributed by atoms with Gasteiger partial charge in [-0.3, -0.25) is 4.90 Å². The Labute approximate surface area is 119 Å². The number of nitrogens with two attached hydrogens (primary N) is 1. The highest BCUT2D eigenvalue weighted by molar-refractivity contribution is 6.42. The molecule has 1 heterocycles. The maximum absolute atomic E-state index is 6.06. The molecule has 4 heteroatoms. The van der Waals surface area contributed by atoms with Gasteiger partial charge in [-0.25, -0.2) is 0 Å². The van der Waals surface area contributed by atoms with Crippen LogP contribution in [0.2, 0.25) is 10.0 Å². The van der Waals surface area contributed by atoms with Gasteiger partial charge in [0.05, 0.1) is 10.0 Å². The van der Waals surface area contributed by atoms with Crippen LogP contribution >= 0.6 is 23.2 Å². The number of hydrogen-bond donors (Lipinski definition) is 1. The van der Waals surface area contributed by atoms with Crippen LogP contribution in [0.25, 0.3) is 0 Å². The van der Waals surface area contributed by atoms with Crippen molar-refractivity contribution in [1.82, 2.24) is 4.90 Å². The molecule has 0 amide bonds. The fourth-order valence-corrected chi connectivity index (χ4v) is 3.11. The van der Waals surface area contributed by atoms with Crippen LogP contribution in [0.3, 0.4) is 0 Å². The van der Waals surface area contributed by atoms with Crippen molar-refractivity contribution in [1.29, 1.82) is 0 Å². The standard InChI is InChI=1S/C14H20Cl2N2/c1-10-3-2-6-18(14(10)8-17)9-11-4-5-12(15)13(16)7-11/h4-5,7,10,14H,2-3,6,8-9,17H2,1H3. The van der Waals surface area contributed by atoms with E-state index in [0.717, 1.165) is 19.6 Å². The van der Waals surface area contributed by atoms with E-state index in [4.69, 9.17) is 28.9 Å². The van der Waals surface area contributed by atoms with Gasteiger partial charge in [0.1, 0.15) is 0 Å². The van der Waals surface area contributed by atoms with Crippen LogP contribution in [0.5, 0.6) is 0 Å². The maximum Gasteiger partial charge on any atom is 0.0595 e. The molecule has 1 aliphatic rings. The molecule has 0 aromatic heterocycles. The number of halogens is 2. The van der Waals surface area contributed by atoms with Gasteiger partial charge in [0.2, 0.25) is 0 Å². The summed E-state index contributed by atoms with van der Waals surface area (Å²) in [6, 6.07) is 6.34. The number of rotatable bonds is 3. The minimum absolute atomic E-state index is 0.480. The Morgan fingerprint density at radius 1 is 1.33 bits per heavy atom. The van der Waals surface area contributed by atoms with E-state index in [9.17, 15) is 0 Å². The van der Waals surface area contributed by atoms with E-state index in [-0.39, 0.29) is 0 Å². The van der Waals surface area contributed by atoms with Crippen molar-refractivity contribution in [2.75, 3.05) is 13.1 Å². The summed E-state index contributed by atoms with van der Waals surface area (Å²) >= 11 is 12.0. The van der Waals surface area contributed by atoms with E-state index in [1.54, 1.807) is 0 Å². The summed E-state index contributed by atoms with van der Waals surface area (Å²) in [6.07, 6.45) is 2.53. The van der Waals surface area contributed by atoms with Crippen LogP contribution in [0, 0.1) is 5.92 Å². The SMILES string of the molecule is CC1CCCN(Cc2ccc(Cl)c(Cl)c2)C1CN. The van der Waals surface area contributed by atoms with Crippen LogP contribution in [0.1, 0.15) is 25.3 Å². The predicted molar refractivity (Wildman–Crippen MR) is 78.1 cm³/mol. The second kappa shape index (κ2) is 6.25. The summed E-state index contributed by atoms with van der Waals surface area (Å²) in [7, 11) is 0. The summed E-state index contributed by atoms with van der Waals surface area (Å²) in [6.45, 7) is 5.04. The lowest BCUT2D eigenvalue weighted by molar-refractivity contribution is 0.0991. The average Bonchev–Trinajstić information content (AvgIpc) is 2.34. The van der Waals surface area contributed by atoms with Crippen LogP contribution in [0.4, 0.5) is 0 Å². The van der Waals surface area contributed by atoms with Crippen LogP contribution in [-0.2, 0) is 6.54 Å². The molecule has 0 aliphatic carbocycles. The number of nitrogens with zero attached hydrogens (tertiary/aromatic N) is 1. The number of hydrogen-bond acceptors (Lipinski definition) is 2. The third kappa shape index (κ3) is 3.18. The highest BCUT2D eigenvalue weighted by Crippen LogP contribution is 2.27. The van der Waals surface area contributed by atoms with E-state index in [1.165, 1.54) is 18.4 Å². The van der Waals surface area contributed by atoms with Gasteiger partial charge in [-0.1, -0.05) is 36.2 Å². The van der Waals surface area contributed by atoms with Crippen molar-refractivity contribution in [2.45, 2.75) is 32.4 Å². The van der Waals surface area contributed by atoms with Crippen molar-refractivity contribution in [3.8, 4) is 0 Å². The Morgan fingerprint density at radius 2 is 2.11 bits per heavy atom. The van der Waals surface area contributed by atoms with Gasteiger partial charge < -0.3 is 5.73 Å². The van der Waals surface area contributed by atoms with Crippen molar-refractivity contribution >= 4 is 23.2 Å². The first-order valence-corrected chi connectivity index (χ1v) is 7.25. The molecule has 100 valence electrons. The molecule has 2 N–H and O–H groups in total. The molecule has 18 heavy (non-hydrogen) atoms. The molecule has 2 atom stereocenters. The second-order valence-corrected chi connectivity index (χ2v) is 5.96. The zero-order valence-corrected chi connectivity index (χ0v) is 12.2. The predicted octanol–water partition coefficient (Wildman–Crippen LogP) is 3.55. The molecule has 2 rings (SSSR count). The normalized spacial score (nSPS) is 25.3. The molecule has 0 spiro atoms. The summed E-state index contributed by atoms with van der Waals surface area (Å²) in [5.74, 6) is 0.673. The summed E-state index contributed by atoms with van der Waals surface area (Å²) < 4.78 is 0. The third-order valence-corrected chi connectivity index (χ3v) is 4.58. The minimum Gasteiger partial charge on any atom is -0.329 e. The van der Waals surface area contributed by atoms with Gasteiger partial charge in [-0.05, 0) is 43.0 Å². The number of benzene rings is 1. The molecule has 1 aliphatic heterocycles. The van der Waals surface area contributed by atoms with Crippen molar-refractivity contribution in [2.24, 2.45) is 11.7 Å². The topological polar surface area (TPSA) is 29.3 Å². The molecule has 2 nitrogen and oxygen atoms in total. The molecule has 0 radical (unpaired) electrons. The van der Waals surface area contributed by atoms with Crippen LogP contribution in [-0.4, -0.2) is 24.0 Å². The van der Waals surface area contributed by atoms with E-state index in [0.29, 0.717) is 22.0 Å². The molecule has 1 aromatic rings. The largest absolute Gasteiger partial charge is 0.329 e. The van der Waals surface area contributed by atoms with Crippen molar-refractivity contribution in [3.63, 3.8) is 0 Å². The molecule has 0 bridgehead atoms. The Balaban J connectivity index is 2.09. The molecule has 1 fully saturated rings. The van der Waals surface area contributed by atoms with Crippen molar-refractivity contribution in [3.05, 3.63) is 33.8 Å². The van der Waals surface area contributed by atoms with Gasteiger partial charge in [0, 0.05) is 19.1 Å². The zero-order chi connectivity index (χ0) is 13.1. The Bertz CT molecular complexity index is 409. The van der Waals surface area contributed by atoms with Gasteiger partial charge in [-0.2, -0.15) is 0 Å². The Hall–Kier alpha value is -0.280. The second-order valence-electron chi connectivity index (χ2n) is 5.14.